The third kappa shape index (κ3) is 1.54. The van der Waals surface area contributed by atoms with Crippen molar-refractivity contribution in [1.29, 1.82) is 0 Å². The Morgan fingerprint density at radius 2 is 2.12 bits per heavy atom. The van der Waals surface area contributed by atoms with Crippen LogP contribution >= 0.6 is 27.5 Å². The van der Waals surface area contributed by atoms with Gasteiger partial charge in [-0.2, -0.15) is 0 Å². The molecule has 0 fully saturated rings. The summed E-state index contributed by atoms with van der Waals surface area (Å²) in [7, 11) is 0. The van der Waals surface area contributed by atoms with Crippen molar-refractivity contribution in [3.63, 3.8) is 0 Å². The Morgan fingerprint density at radius 3 is 2.88 bits per heavy atom. The van der Waals surface area contributed by atoms with Crippen LogP contribution in [0.15, 0.2) is 45.7 Å². The van der Waals surface area contributed by atoms with Crippen LogP contribution in [0, 0.1) is 0 Å². The van der Waals surface area contributed by atoms with E-state index in [2.05, 4.69) is 20.9 Å². The number of aromatic nitrogens is 2. The summed E-state index contributed by atoms with van der Waals surface area (Å²) in [6.45, 7) is 0. The molecule has 0 unspecified atom stereocenters. The molecule has 0 spiro atoms. The van der Waals surface area contributed by atoms with Gasteiger partial charge in [-0.1, -0.05) is 11.6 Å². The smallest absolute Gasteiger partial charge is 0.180 e. The molecule has 0 aromatic carbocycles. The lowest BCUT2D eigenvalue weighted by atomic mass is 10.4. The van der Waals surface area contributed by atoms with Gasteiger partial charge in [-0.05, 0) is 40.2 Å². The molecule has 3 aromatic rings. The predicted molar refractivity (Wildman–Crippen MR) is 65.6 cm³/mol. The van der Waals surface area contributed by atoms with E-state index < -0.39 is 0 Å². The van der Waals surface area contributed by atoms with E-state index in [1.54, 1.807) is 6.20 Å². The topological polar surface area (TPSA) is 30.4 Å². The van der Waals surface area contributed by atoms with E-state index >= 15 is 0 Å². The van der Waals surface area contributed by atoms with Crippen molar-refractivity contribution in [1.82, 2.24) is 9.38 Å². The minimum atomic E-state index is 0.664. The van der Waals surface area contributed by atoms with E-state index in [4.69, 9.17) is 16.0 Å². The van der Waals surface area contributed by atoms with E-state index in [-0.39, 0.29) is 0 Å². The number of furan rings is 1. The van der Waals surface area contributed by atoms with Gasteiger partial charge in [0.2, 0.25) is 0 Å². The fraction of sp³-hybridized carbons (Fsp3) is 0. The molecule has 0 saturated carbocycles. The highest BCUT2D eigenvalue weighted by Crippen LogP contribution is 2.25. The highest BCUT2D eigenvalue weighted by molar-refractivity contribution is 9.10. The summed E-state index contributed by atoms with van der Waals surface area (Å²) in [6.07, 6.45) is 3.59. The van der Waals surface area contributed by atoms with Crippen molar-refractivity contribution in [2.24, 2.45) is 0 Å². The van der Waals surface area contributed by atoms with E-state index in [0.717, 1.165) is 11.3 Å². The predicted octanol–water partition coefficient (Wildman–Crippen LogP) is 4.01. The van der Waals surface area contributed by atoms with Gasteiger partial charge in [-0.3, -0.25) is 4.40 Å². The SMILES string of the molecule is Clc1ccc2cnc(-c3ccc(Br)o3)n2c1. The molecule has 80 valence electrons. The second kappa shape index (κ2) is 3.64. The van der Waals surface area contributed by atoms with E-state index in [0.29, 0.717) is 15.5 Å². The van der Waals surface area contributed by atoms with Gasteiger partial charge in [-0.25, -0.2) is 4.98 Å². The zero-order valence-corrected chi connectivity index (χ0v) is 10.4. The number of fused-ring (bicyclic) bond motifs is 1. The van der Waals surface area contributed by atoms with Gasteiger partial charge >= 0.3 is 0 Å². The monoisotopic (exact) mass is 296 g/mol. The number of pyridine rings is 1. The molecule has 0 aliphatic carbocycles. The molecule has 0 amide bonds. The summed E-state index contributed by atoms with van der Waals surface area (Å²) in [5.74, 6) is 1.44. The van der Waals surface area contributed by atoms with Crippen LogP contribution in [0.5, 0.6) is 0 Å². The van der Waals surface area contributed by atoms with Crippen LogP contribution in [0.1, 0.15) is 0 Å². The minimum Gasteiger partial charge on any atom is -0.446 e. The average Bonchev–Trinajstić information content (AvgIpc) is 2.83. The Balaban J connectivity index is 2.27. The summed E-state index contributed by atoms with van der Waals surface area (Å²) in [4.78, 5) is 4.31. The minimum absolute atomic E-state index is 0.664. The lowest BCUT2D eigenvalue weighted by Crippen LogP contribution is -1.87. The fourth-order valence-corrected chi connectivity index (χ4v) is 2.05. The van der Waals surface area contributed by atoms with Gasteiger partial charge in [0.15, 0.2) is 16.3 Å². The number of nitrogens with zero attached hydrogens (tertiary/aromatic N) is 2. The summed E-state index contributed by atoms with van der Waals surface area (Å²) in [6, 6.07) is 7.44. The van der Waals surface area contributed by atoms with E-state index in [1.165, 1.54) is 0 Å². The Kier molecular flexibility index (Phi) is 2.26. The number of hydrogen-bond donors (Lipinski definition) is 0. The first kappa shape index (κ1) is 9.93. The molecule has 0 radical (unpaired) electrons. The molecular formula is C11H6BrClN2O. The van der Waals surface area contributed by atoms with Gasteiger partial charge < -0.3 is 4.42 Å². The molecule has 0 bridgehead atoms. The van der Waals surface area contributed by atoms with Crippen molar-refractivity contribution in [2.75, 3.05) is 0 Å². The number of rotatable bonds is 1. The number of halogens is 2. The summed E-state index contributed by atoms with van der Waals surface area (Å²) in [5.41, 5.74) is 0.979. The molecule has 3 aromatic heterocycles. The van der Waals surface area contributed by atoms with Crippen molar-refractivity contribution in [3.05, 3.63) is 46.4 Å². The third-order valence-corrected chi connectivity index (χ3v) is 2.93. The van der Waals surface area contributed by atoms with Crippen LogP contribution in [0.2, 0.25) is 5.02 Å². The maximum Gasteiger partial charge on any atom is 0.180 e. The molecule has 0 atom stereocenters. The molecule has 0 aliphatic heterocycles. The maximum atomic E-state index is 5.95. The molecule has 16 heavy (non-hydrogen) atoms. The van der Waals surface area contributed by atoms with E-state index in [1.807, 2.05) is 34.9 Å². The summed E-state index contributed by atoms with van der Waals surface area (Å²) in [5, 5.41) is 0.664. The molecule has 5 heteroatoms. The van der Waals surface area contributed by atoms with Crippen LogP contribution < -0.4 is 0 Å². The number of imidazole rings is 1. The zero-order chi connectivity index (χ0) is 11.1. The summed E-state index contributed by atoms with van der Waals surface area (Å²) >= 11 is 9.22. The van der Waals surface area contributed by atoms with Crippen molar-refractivity contribution in [2.45, 2.75) is 0 Å². The number of hydrogen-bond acceptors (Lipinski definition) is 2. The van der Waals surface area contributed by atoms with Crippen molar-refractivity contribution >= 4 is 33.0 Å². The van der Waals surface area contributed by atoms with Crippen molar-refractivity contribution < 1.29 is 4.42 Å². The Bertz CT molecular complexity index is 659. The lowest BCUT2D eigenvalue weighted by Gasteiger charge is -1.98. The first-order valence-corrected chi connectivity index (χ1v) is 5.79. The Hall–Kier alpha value is -1.26. The van der Waals surface area contributed by atoms with Gasteiger partial charge in [0.25, 0.3) is 0 Å². The normalized spacial score (nSPS) is 11.1. The van der Waals surface area contributed by atoms with Gasteiger partial charge in [0.05, 0.1) is 16.7 Å². The van der Waals surface area contributed by atoms with Gasteiger partial charge in [0.1, 0.15) is 0 Å². The standard InChI is InChI=1S/C11H6BrClN2O/c12-10-4-3-9(16-10)11-14-5-8-2-1-7(13)6-15(8)11/h1-6H. The molecule has 3 heterocycles. The molecular weight excluding hydrogens is 291 g/mol. The van der Waals surface area contributed by atoms with Crippen LogP contribution in [0.3, 0.4) is 0 Å². The Morgan fingerprint density at radius 1 is 1.25 bits per heavy atom. The zero-order valence-electron chi connectivity index (χ0n) is 8.02. The maximum absolute atomic E-state index is 5.95. The van der Waals surface area contributed by atoms with Crippen molar-refractivity contribution in [3.8, 4) is 11.6 Å². The van der Waals surface area contributed by atoms with Crippen LogP contribution in [-0.2, 0) is 0 Å². The molecule has 0 N–H and O–H groups in total. The quantitative estimate of drug-likeness (QED) is 0.679. The molecule has 0 aliphatic rings. The fourth-order valence-electron chi connectivity index (χ4n) is 1.58. The van der Waals surface area contributed by atoms with Gasteiger partial charge in [0, 0.05) is 6.20 Å². The Labute approximate surface area is 105 Å². The average molecular weight is 298 g/mol. The van der Waals surface area contributed by atoms with Gasteiger partial charge in [-0.15, -0.1) is 0 Å². The summed E-state index contributed by atoms with van der Waals surface area (Å²) < 4.78 is 8.04. The second-order valence-corrected chi connectivity index (χ2v) is 4.55. The highest BCUT2D eigenvalue weighted by atomic mass is 79.9. The van der Waals surface area contributed by atoms with Crippen LogP contribution in [0.4, 0.5) is 0 Å². The first-order chi connectivity index (χ1) is 7.74. The third-order valence-electron chi connectivity index (χ3n) is 2.28. The van der Waals surface area contributed by atoms with Crippen LogP contribution in [0.25, 0.3) is 17.1 Å². The second-order valence-electron chi connectivity index (χ2n) is 3.33. The molecule has 3 rings (SSSR count). The largest absolute Gasteiger partial charge is 0.446 e. The molecule has 3 nitrogen and oxygen atoms in total. The molecule has 0 saturated heterocycles. The van der Waals surface area contributed by atoms with Crippen LogP contribution in [-0.4, -0.2) is 9.38 Å². The highest BCUT2D eigenvalue weighted by Gasteiger charge is 2.10. The first-order valence-electron chi connectivity index (χ1n) is 4.62. The lowest BCUT2D eigenvalue weighted by molar-refractivity contribution is 0.551. The van der Waals surface area contributed by atoms with E-state index in [9.17, 15) is 0 Å².